The van der Waals surface area contributed by atoms with E-state index in [-0.39, 0.29) is 11.9 Å². The van der Waals surface area contributed by atoms with Crippen LogP contribution in [0.25, 0.3) is 11.1 Å². The van der Waals surface area contributed by atoms with Crippen molar-refractivity contribution in [2.45, 2.75) is 31.5 Å². The van der Waals surface area contributed by atoms with E-state index in [0.29, 0.717) is 35.5 Å². The van der Waals surface area contributed by atoms with Gasteiger partial charge < -0.3 is 10.6 Å². The SMILES string of the molecule is Nc1ncc(-c2cccc(C(F)(F)F)c2)c([C@@H]2CCCCN2C(=O)c2ccn[nH]2)n1. The quantitative estimate of drug-likeness (QED) is 0.676. The molecule has 3 heterocycles. The smallest absolute Gasteiger partial charge is 0.368 e. The lowest BCUT2D eigenvalue weighted by atomic mass is 9.93. The summed E-state index contributed by atoms with van der Waals surface area (Å²) in [6.45, 7) is 0.495. The lowest BCUT2D eigenvalue weighted by Gasteiger charge is -2.36. The number of rotatable bonds is 3. The molecule has 0 saturated carbocycles. The van der Waals surface area contributed by atoms with Crippen LogP contribution in [0, 0.1) is 0 Å². The molecule has 1 amide bonds. The van der Waals surface area contributed by atoms with Gasteiger partial charge in [-0.2, -0.15) is 18.3 Å². The van der Waals surface area contributed by atoms with Crippen LogP contribution in [-0.2, 0) is 6.18 Å². The number of amides is 1. The molecule has 1 fully saturated rings. The molecule has 30 heavy (non-hydrogen) atoms. The Bertz CT molecular complexity index is 1050. The van der Waals surface area contributed by atoms with Crippen LogP contribution in [0.2, 0.25) is 0 Å². The number of halogens is 3. The molecule has 1 aliphatic rings. The van der Waals surface area contributed by atoms with Crippen molar-refractivity contribution in [2.75, 3.05) is 12.3 Å². The molecule has 0 spiro atoms. The van der Waals surface area contributed by atoms with E-state index in [1.165, 1.54) is 18.5 Å². The van der Waals surface area contributed by atoms with Crippen molar-refractivity contribution >= 4 is 11.9 Å². The maximum atomic E-state index is 13.2. The van der Waals surface area contributed by atoms with Gasteiger partial charge in [-0.1, -0.05) is 12.1 Å². The summed E-state index contributed by atoms with van der Waals surface area (Å²) in [5.41, 5.74) is 6.56. The Kier molecular flexibility index (Phi) is 5.15. The number of aromatic nitrogens is 4. The fourth-order valence-corrected chi connectivity index (χ4v) is 3.74. The number of likely N-dealkylation sites (tertiary alicyclic amines) is 1. The van der Waals surface area contributed by atoms with Crippen LogP contribution < -0.4 is 5.73 Å². The van der Waals surface area contributed by atoms with E-state index in [2.05, 4.69) is 20.2 Å². The Morgan fingerprint density at radius 1 is 1.23 bits per heavy atom. The lowest BCUT2D eigenvalue weighted by molar-refractivity contribution is -0.137. The van der Waals surface area contributed by atoms with Gasteiger partial charge in [0.2, 0.25) is 5.95 Å². The standard InChI is InChI=1S/C20H19F3N6O/c21-20(22,23)13-5-3-4-12(10-13)14-11-25-19(24)27-17(14)16-6-1-2-9-29(16)18(30)15-7-8-26-28-15/h3-5,7-8,10-11,16H,1-2,6,9H2,(H,26,28)(H2,24,25,27)/t16-/m0/s1. The number of H-pyrrole nitrogens is 1. The Morgan fingerprint density at radius 2 is 2.07 bits per heavy atom. The molecule has 1 atom stereocenters. The number of carbonyl (C=O) groups excluding carboxylic acids is 1. The van der Waals surface area contributed by atoms with Crippen LogP contribution in [0.1, 0.15) is 47.1 Å². The Hall–Kier alpha value is -3.43. The summed E-state index contributed by atoms with van der Waals surface area (Å²) in [7, 11) is 0. The molecule has 156 valence electrons. The molecule has 0 radical (unpaired) electrons. The molecule has 0 unspecified atom stereocenters. The van der Waals surface area contributed by atoms with Gasteiger partial charge in [0.15, 0.2) is 0 Å². The molecular weight excluding hydrogens is 397 g/mol. The number of nitrogens with one attached hydrogen (secondary N) is 1. The zero-order valence-electron chi connectivity index (χ0n) is 15.9. The van der Waals surface area contributed by atoms with Crippen LogP contribution in [0.15, 0.2) is 42.7 Å². The molecule has 1 aliphatic heterocycles. The summed E-state index contributed by atoms with van der Waals surface area (Å²) in [5.74, 6) is -0.246. The topological polar surface area (TPSA) is 101 Å². The highest BCUT2D eigenvalue weighted by molar-refractivity contribution is 5.92. The molecule has 3 N–H and O–H groups in total. The third-order valence-electron chi connectivity index (χ3n) is 5.15. The highest BCUT2D eigenvalue weighted by Gasteiger charge is 2.34. The molecule has 2 aromatic heterocycles. The maximum Gasteiger partial charge on any atom is 0.416 e. The van der Waals surface area contributed by atoms with Gasteiger partial charge >= 0.3 is 6.18 Å². The summed E-state index contributed by atoms with van der Waals surface area (Å²) in [4.78, 5) is 23.0. The molecule has 4 rings (SSSR count). The summed E-state index contributed by atoms with van der Waals surface area (Å²) < 4.78 is 39.6. The first-order valence-electron chi connectivity index (χ1n) is 9.45. The highest BCUT2D eigenvalue weighted by atomic mass is 19.4. The van der Waals surface area contributed by atoms with E-state index in [1.54, 1.807) is 17.0 Å². The molecule has 0 aliphatic carbocycles. The summed E-state index contributed by atoms with van der Waals surface area (Å²) in [5, 5.41) is 6.49. The van der Waals surface area contributed by atoms with Crippen molar-refractivity contribution < 1.29 is 18.0 Å². The third kappa shape index (κ3) is 3.85. The van der Waals surface area contributed by atoms with Gasteiger partial charge in [-0.05, 0) is 43.0 Å². The van der Waals surface area contributed by atoms with Crippen molar-refractivity contribution in [3.63, 3.8) is 0 Å². The molecule has 1 aromatic carbocycles. The first-order chi connectivity index (χ1) is 14.3. The maximum absolute atomic E-state index is 13.2. The number of aromatic amines is 1. The lowest BCUT2D eigenvalue weighted by Crippen LogP contribution is -2.39. The van der Waals surface area contributed by atoms with E-state index in [1.807, 2.05) is 0 Å². The Labute approximate surface area is 170 Å². The Balaban J connectivity index is 1.79. The molecule has 3 aromatic rings. The van der Waals surface area contributed by atoms with Gasteiger partial charge in [0.25, 0.3) is 5.91 Å². The average Bonchev–Trinajstić information content (AvgIpc) is 3.27. The van der Waals surface area contributed by atoms with E-state index in [9.17, 15) is 18.0 Å². The van der Waals surface area contributed by atoms with Gasteiger partial charge in [0.1, 0.15) is 5.69 Å². The first kappa shape index (κ1) is 19.9. The normalized spacial score (nSPS) is 17.2. The number of hydrogen-bond acceptors (Lipinski definition) is 5. The highest BCUT2D eigenvalue weighted by Crippen LogP contribution is 2.38. The number of nitrogen functional groups attached to an aromatic ring is 1. The number of benzene rings is 1. The summed E-state index contributed by atoms with van der Waals surface area (Å²) in [6.07, 6.45) is 0.712. The molecule has 7 nitrogen and oxygen atoms in total. The first-order valence-corrected chi connectivity index (χ1v) is 9.45. The zero-order valence-corrected chi connectivity index (χ0v) is 15.9. The number of nitrogens with zero attached hydrogens (tertiary/aromatic N) is 4. The van der Waals surface area contributed by atoms with E-state index in [0.717, 1.165) is 25.0 Å². The van der Waals surface area contributed by atoms with Crippen molar-refractivity contribution in [3.8, 4) is 11.1 Å². The van der Waals surface area contributed by atoms with E-state index >= 15 is 0 Å². The van der Waals surface area contributed by atoms with Gasteiger partial charge in [-0.15, -0.1) is 0 Å². The zero-order chi connectivity index (χ0) is 21.3. The van der Waals surface area contributed by atoms with Crippen LogP contribution in [0.5, 0.6) is 0 Å². The van der Waals surface area contributed by atoms with Crippen LogP contribution in [-0.4, -0.2) is 37.5 Å². The molecule has 1 saturated heterocycles. The van der Waals surface area contributed by atoms with Crippen LogP contribution >= 0.6 is 0 Å². The summed E-state index contributed by atoms with van der Waals surface area (Å²) >= 11 is 0. The van der Waals surface area contributed by atoms with Crippen molar-refractivity contribution in [1.29, 1.82) is 0 Å². The minimum Gasteiger partial charge on any atom is -0.368 e. The second-order valence-electron chi connectivity index (χ2n) is 7.09. The number of anilines is 1. The largest absolute Gasteiger partial charge is 0.416 e. The minimum absolute atomic E-state index is 0.000221. The van der Waals surface area contributed by atoms with E-state index < -0.39 is 17.8 Å². The van der Waals surface area contributed by atoms with Crippen molar-refractivity contribution in [3.05, 3.63) is 59.7 Å². The Morgan fingerprint density at radius 3 is 2.80 bits per heavy atom. The molecule has 10 heteroatoms. The van der Waals surface area contributed by atoms with Gasteiger partial charge in [0, 0.05) is 24.5 Å². The van der Waals surface area contributed by atoms with Crippen molar-refractivity contribution in [2.24, 2.45) is 0 Å². The second kappa shape index (κ2) is 7.77. The van der Waals surface area contributed by atoms with E-state index in [4.69, 9.17) is 5.73 Å². The summed E-state index contributed by atoms with van der Waals surface area (Å²) in [6, 6.07) is 6.11. The fraction of sp³-hybridized carbons (Fsp3) is 0.300. The number of hydrogen-bond donors (Lipinski definition) is 2. The third-order valence-corrected chi connectivity index (χ3v) is 5.15. The van der Waals surface area contributed by atoms with Gasteiger partial charge in [0.05, 0.1) is 17.3 Å². The monoisotopic (exact) mass is 416 g/mol. The van der Waals surface area contributed by atoms with Crippen LogP contribution in [0.4, 0.5) is 19.1 Å². The number of piperidine rings is 1. The number of alkyl halides is 3. The predicted octanol–water partition coefficient (Wildman–Crippen LogP) is 3.84. The molecule has 0 bridgehead atoms. The average molecular weight is 416 g/mol. The number of carbonyl (C=O) groups is 1. The van der Waals surface area contributed by atoms with Gasteiger partial charge in [-0.3, -0.25) is 9.89 Å². The van der Waals surface area contributed by atoms with Crippen LogP contribution in [0.3, 0.4) is 0 Å². The second-order valence-corrected chi connectivity index (χ2v) is 7.09. The minimum atomic E-state index is -4.47. The predicted molar refractivity (Wildman–Crippen MR) is 103 cm³/mol. The van der Waals surface area contributed by atoms with Gasteiger partial charge in [-0.25, -0.2) is 9.97 Å². The fourth-order valence-electron chi connectivity index (χ4n) is 3.74. The van der Waals surface area contributed by atoms with Crippen molar-refractivity contribution in [1.82, 2.24) is 25.1 Å². The number of nitrogens with two attached hydrogens (primary N) is 1. The molecular formula is C20H19F3N6O.